The minimum Gasteiger partial charge on any atom is -0.506 e. The van der Waals surface area contributed by atoms with Gasteiger partial charge in [0.15, 0.2) is 0 Å². The van der Waals surface area contributed by atoms with Crippen LogP contribution in [0.4, 0.5) is 5.69 Å². The summed E-state index contributed by atoms with van der Waals surface area (Å²) in [5.41, 5.74) is 1.34. The standard InChI is InChI=1S/C20H23ClN2O2/c21-15-12-10-14(11-13-15)19(23-17-8-4-5-9-18(17)24)20(25)22-16-6-2-1-3-7-16/h4-5,8-13,16,19,23-24H,1-3,6-7H2,(H,22,25). The van der Waals surface area contributed by atoms with Gasteiger partial charge in [-0.15, -0.1) is 0 Å². The maximum Gasteiger partial charge on any atom is 0.247 e. The van der Waals surface area contributed by atoms with Gasteiger partial charge >= 0.3 is 0 Å². The van der Waals surface area contributed by atoms with Crippen molar-refractivity contribution in [3.63, 3.8) is 0 Å². The molecule has 1 atom stereocenters. The van der Waals surface area contributed by atoms with Crippen molar-refractivity contribution in [2.45, 2.75) is 44.2 Å². The van der Waals surface area contributed by atoms with E-state index in [0.29, 0.717) is 10.7 Å². The van der Waals surface area contributed by atoms with Gasteiger partial charge in [-0.1, -0.05) is 55.1 Å². The Balaban J connectivity index is 1.81. The number of aromatic hydroxyl groups is 1. The predicted octanol–water partition coefficient (Wildman–Crippen LogP) is 4.65. The molecule has 25 heavy (non-hydrogen) atoms. The van der Waals surface area contributed by atoms with Crippen LogP contribution in [-0.2, 0) is 4.79 Å². The molecule has 3 N–H and O–H groups in total. The molecular formula is C20H23ClN2O2. The Kier molecular flexibility index (Phi) is 5.82. The molecule has 0 saturated heterocycles. The lowest BCUT2D eigenvalue weighted by Crippen LogP contribution is -2.41. The summed E-state index contributed by atoms with van der Waals surface area (Å²) in [4.78, 5) is 12.9. The third-order valence-electron chi connectivity index (χ3n) is 4.62. The molecule has 1 aliphatic carbocycles. The van der Waals surface area contributed by atoms with Gasteiger partial charge in [0.25, 0.3) is 0 Å². The molecule has 0 spiro atoms. The van der Waals surface area contributed by atoms with E-state index in [1.54, 1.807) is 30.3 Å². The zero-order chi connectivity index (χ0) is 17.6. The van der Waals surface area contributed by atoms with Gasteiger partial charge in [-0.2, -0.15) is 0 Å². The van der Waals surface area contributed by atoms with Gasteiger partial charge in [0.05, 0.1) is 5.69 Å². The Labute approximate surface area is 153 Å². The van der Waals surface area contributed by atoms with Crippen LogP contribution in [0.5, 0.6) is 5.75 Å². The molecule has 0 heterocycles. The van der Waals surface area contributed by atoms with Crippen molar-refractivity contribution in [2.75, 3.05) is 5.32 Å². The maximum absolute atomic E-state index is 12.9. The Morgan fingerprint density at radius 2 is 1.72 bits per heavy atom. The molecule has 1 fully saturated rings. The first-order valence-corrected chi connectivity index (χ1v) is 9.11. The molecule has 5 heteroatoms. The van der Waals surface area contributed by atoms with Crippen LogP contribution in [0, 0.1) is 0 Å². The summed E-state index contributed by atoms with van der Waals surface area (Å²) >= 11 is 5.98. The fraction of sp³-hybridized carbons (Fsp3) is 0.350. The molecule has 2 aromatic rings. The second kappa shape index (κ2) is 8.26. The van der Waals surface area contributed by atoms with Crippen LogP contribution in [-0.4, -0.2) is 17.1 Å². The fourth-order valence-corrected chi connectivity index (χ4v) is 3.36. The summed E-state index contributed by atoms with van der Waals surface area (Å²) in [7, 11) is 0. The van der Waals surface area contributed by atoms with E-state index in [4.69, 9.17) is 11.6 Å². The second-order valence-electron chi connectivity index (χ2n) is 6.49. The monoisotopic (exact) mass is 358 g/mol. The van der Waals surface area contributed by atoms with Crippen molar-refractivity contribution in [1.82, 2.24) is 5.32 Å². The Morgan fingerprint density at radius 3 is 2.40 bits per heavy atom. The normalized spacial score (nSPS) is 16.2. The third kappa shape index (κ3) is 4.67. The Morgan fingerprint density at radius 1 is 1.04 bits per heavy atom. The van der Waals surface area contributed by atoms with Crippen molar-refractivity contribution >= 4 is 23.2 Å². The highest BCUT2D eigenvalue weighted by molar-refractivity contribution is 6.30. The number of hydrogen-bond acceptors (Lipinski definition) is 3. The Bertz CT molecular complexity index is 712. The zero-order valence-electron chi connectivity index (χ0n) is 14.0. The number of nitrogens with one attached hydrogen (secondary N) is 2. The second-order valence-corrected chi connectivity index (χ2v) is 6.93. The number of phenolic OH excluding ortho intramolecular Hbond substituents is 1. The number of hydrogen-bond donors (Lipinski definition) is 3. The minimum atomic E-state index is -0.590. The average molecular weight is 359 g/mol. The topological polar surface area (TPSA) is 61.4 Å². The zero-order valence-corrected chi connectivity index (χ0v) is 14.8. The number of phenols is 1. The van der Waals surface area contributed by atoms with E-state index in [2.05, 4.69) is 10.6 Å². The van der Waals surface area contributed by atoms with Gasteiger partial charge in [0.1, 0.15) is 11.8 Å². The summed E-state index contributed by atoms with van der Waals surface area (Å²) in [6, 6.07) is 13.8. The van der Waals surface area contributed by atoms with E-state index in [1.165, 1.54) is 6.42 Å². The lowest BCUT2D eigenvalue weighted by Gasteiger charge is -2.27. The highest BCUT2D eigenvalue weighted by Gasteiger charge is 2.24. The first-order chi connectivity index (χ1) is 12.1. The highest BCUT2D eigenvalue weighted by atomic mass is 35.5. The van der Waals surface area contributed by atoms with Gasteiger partial charge in [0.2, 0.25) is 5.91 Å². The van der Waals surface area contributed by atoms with Gasteiger partial charge in [-0.25, -0.2) is 0 Å². The number of carbonyl (C=O) groups is 1. The SMILES string of the molecule is O=C(NC1CCCCC1)C(Nc1ccccc1O)c1ccc(Cl)cc1. The lowest BCUT2D eigenvalue weighted by atomic mass is 9.95. The van der Waals surface area contributed by atoms with E-state index in [-0.39, 0.29) is 17.7 Å². The maximum atomic E-state index is 12.9. The molecule has 1 unspecified atom stereocenters. The van der Waals surface area contributed by atoms with Gasteiger partial charge in [-0.3, -0.25) is 4.79 Å². The van der Waals surface area contributed by atoms with E-state index in [0.717, 1.165) is 31.2 Å². The molecule has 2 aromatic carbocycles. The predicted molar refractivity (Wildman–Crippen MR) is 101 cm³/mol. The fourth-order valence-electron chi connectivity index (χ4n) is 3.24. The quantitative estimate of drug-likeness (QED) is 0.682. The summed E-state index contributed by atoms with van der Waals surface area (Å²) in [5, 5.41) is 17.0. The van der Waals surface area contributed by atoms with Crippen molar-refractivity contribution in [3.05, 3.63) is 59.1 Å². The molecule has 4 nitrogen and oxygen atoms in total. The smallest absolute Gasteiger partial charge is 0.247 e. The van der Waals surface area contributed by atoms with Gasteiger partial charge < -0.3 is 15.7 Å². The number of benzene rings is 2. The van der Waals surface area contributed by atoms with Crippen molar-refractivity contribution in [2.24, 2.45) is 0 Å². The van der Waals surface area contributed by atoms with Crippen LogP contribution in [0.15, 0.2) is 48.5 Å². The molecule has 1 amide bonds. The minimum absolute atomic E-state index is 0.0857. The Hall–Kier alpha value is -2.20. The van der Waals surface area contributed by atoms with Crippen LogP contribution in [0.2, 0.25) is 5.02 Å². The van der Waals surface area contributed by atoms with E-state index >= 15 is 0 Å². The first kappa shape index (κ1) is 17.6. The molecule has 0 bridgehead atoms. The molecule has 3 rings (SSSR count). The van der Waals surface area contributed by atoms with Crippen LogP contribution in [0.3, 0.4) is 0 Å². The van der Waals surface area contributed by atoms with E-state index in [1.807, 2.05) is 18.2 Å². The first-order valence-electron chi connectivity index (χ1n) is 8.74. The molecular weight excluding hydrogens is 336 g/mol. The van der Waals surface area contributed by atoms with Crippen LogP contribution in [0.1, 0.15) is 43.7 Å². The molecule has 1 aliphatic rings. The van der Waals surface area contributed by atoms with Crippen LogP contribution in [0.25, 0.3) is 0 Å². The van der Waals surface area contributed by atoms with Crippen molar-refractivity contribution in [3.8, 4) is 5.75 Å². The molecule has 132 valence electrons. The van der Waals surface area contributed by atoms with E-state index in [9.17, 15) is 9.90 Å². The largest absolute Gasteiger partial charge is 0.506 e. The van der Waals surface area contributed by atoms with Gasteiger partial charge in [0, 0.05) is 11.1 Å². The summed E-state index contributed by atoms with van der Waals surface area (Å²) in [6.45, 7) is 0. The van der Waals surface area contributed by atoms with Crippen molar-refractivity contribution in [1.29, 1.82) is 0 Å². The molecule has 1 saturated carbocycles. The third-order valence-corrected chi connectivity index (χ3v) is 4.87. The number of para-hydroxylation sites is 2. The number of halogens is 1. The van der Waals surface area contributed by atoms with Crippen molar-refractivity contribution < 1.29 is 9.90 Å². The summed E-state index contributed by atoms with van der Waals surface area (Å²) < 4.78 is 0. The number of amides is 1. The molecule has 0 aromatic heterocycles. The molecule has 0 aliphatic heterocycles. The lowest BCUT2D eigenvalue weighted by molar-refractivity contribution is -0.122. The number of rotatable bonds is 5. The highest BCUT2D eigenvalue weighted by Crippen LogP contribution is 2.28. The summed E-state index contributed by atoms with van der Waals surface area (Å²) in [5.74, 6) is 0.0319. The average Bonchev–Trinajstić information content (AvgIpc) is 2.63. The van der Waals surface area contributed by atoms with Crippen LogP contribution < -0.4 is 10.6 Å². The molecule has 0 radical (unpaired) electrons. The summed E-state index contributed by atoms with van der Waals surface area (Å²) in [6.07, 6.45) is 5.60. The van der Waals surface area contributed by atoms with Crippen LogP contribution >= 0.6 is 11.6 Å². The number of carbonyl (C=O) groups excluding carboxylic acids is 1. The van der Waals surface area contributed by atoms with E-state index < -0.39 is 6.04 Å². The number of anilines is 1. The van der Waals surface area contributed by atoms with Gasteiger partial charge in [-0.05, 0) is 42.7 Å².